The van der Waals surface area contributed by atoms with E-state index in [0.29, 0.717) is 32.3 Å². The van der Waals surface area contributed by atoms with Crippen molar-refractivity contribution in [1.29, 1.82) is 0 Å². The molecule has 144 valence electrons. The Bertz CT molecular complexity index is 580. The van der Waals surface area contributed by atoms with Gasteiger partial charge in [0.05, 0.1) is 6.61 Å². The molecule has 0 aromatic carbocycles. The van der Waals surface area contributed by atoms with Gasteiger partial charge in [-0.25, -0.2) is 4.79 Å². The summed E-state index contributed by atoms with van der Waals surface area (Å²) in [6, 6.07) is 4.45. The van der Waals surface area contributed by atoms with Gasteiger partial charge in [0.15, 0.2) is 5.96 Å². The molecule has 1 aromatic rings. The molecule has 1 aliphatic rings. The van der Waals surface area contributed by atoms with Crippen LogP contribution in [0, 0.1) is 6.92 Å². The lowest BCUT2D eigenvalue weighted by Gasteiger charge is -2.32. The first-order valence-electron chi connectivity index (χ1n) is 9.50. The zero-order chi connectivity index (χ0) is 18.8. The van der Waals surface area contributed by atoms with Crippen molar-refractivity contribution in [3.05, 3.63) is 29.6 Å². The summed E-state index contributed by atoms with van der Waals surface area (Å²) in [6.07, 6.45) is 4.36. The fourth-order valence-corrected chi connectivity index (χ4v) is 2.88. The molecular formula is C19H31N5O2. The molecule has 7 heteroatoms. The van der Waals surface area contributed by atoms with Crippen LogP contribution in [0.25, 0.3) is 0 Å². The Balaban J connectivity index is 1.80. The van der Waals surface area contributed by atoms with E-state index in [4.69, 9.17) is 4.74 Å². The molecular weight excluding hydrogens is 330 g/mol. The van der Waals surface area contributed by atoms with Crippen molar-refractivity contribution in [2.24, 2.45) is 4.99 Å². The predicted molar refractivity (Wildman–Crippen MR) is 103 cm³/mol. The predicted octanol–water partition coefficient (Wildman–Crippen LogP) is 2.11. The number of carbonyl (C=O) groups excluding carboxylic acids is 1. The highest BCUT2D eigenvalue weighted by Crippen LogP contribution is 2.11. The zero-order valence-electron chi connectivity index (χ0n) is 16.1. The minimum absolute atomic E-state index is 0.210. The van der Waals surface area contributed by atoms with Crippen LogP contribution in [0.15, 0.2) is 23.3 Å². The van der Waals surface area contributed by atoms with Crippen LogP contribution >= 0.6 is 0 Å². The highest BCUT2D eigenvalue weighted by Gasteiger charge is 2.23. The topological polar surface area (TPSA) is 78.9 Å². The molecule has 2 heterocycles. The number of aromatic nitrogens is 1. The standard InChI is InChI=1S/C19H31N5O2/c1-4-20-18(21-11-8-16-7-6-15(3)22-14-16)23-17-9-12-24(13-10-17)19(25)26-5-2/h6-7,14,17H,4-5,8-13H2,1-3H3,(H2,20,21,23). The number of guanidine groups is 1. The molecule has 2 N–H and O–H groups in total. The van der Waals surface area contributed by atoms with Gasteiger partial charge in [-0.1, -0.05) is 6.07 Å². The fraction of sp³-hybridized carbons (Fsp3) is 0.632. The minimum atomic E-state index is -0.210. The highest BCUT2D eigenvalue weighted by molar-refractivity contribution is 5.80. The number of hydrogen-bond acceptors (Lipinski definition) is 4. The molecule has 0 spiro atoms. The van der Waals surface area contributed by atoms with Gasteiger partial charge in [-0.3, -0.25) is 9.98 Å². The first-order chi connectivity index (χ1) is 12.6. The molecule has 1 aromatic heterocycles. The molecule has 1 saturated heterocycles. The largest absolute Gasteiger partial charge is 0.450 e. The normalized spacial score (nSPS) is 15.7. The number of nitrogens with zero attached hydrogens (tertiary/aromatic N) is 3. The monoisotopic (exact) mass is 361 g/mol. The van der Waals surface area contributed by atoms with Gasteiger partial charge in [-0.15, -0.1) is 0 Å². The third-order valence-corrected chi connectivity index (χ3v) is 4.35. The molecule has 0 saturated carbocycles. The Hall–Kier alpha value is -2.31. The van der Waals surface area contributed by atoms with Gasteiger partial charge >= 0.3 is 6.09 Å². The second kappa shape index (κ2) is 10.6. The minimum Gasteiger partial charge on any atom is -0.450 e. The summed E-state index contributed by atoms with van der Waals surface area (Å²) in [7, 11) is 0. The van der Waals surface area contributed by atoms with Gasteiger partial charge in [0.1, 0.15) is 0 Å². The lowest BCUT2D eigenvalue weighted by molar-refractivity contribution is 0.0963. The van der Waals surface area contributed by atoms with E-state index in [2.05, 4.69) is 33.6 Å². The molecule has 1 amide bonds. The molecule has 1 aliphatic heterocycles. The van der Waals surface area contributed by atoms with Gasteiger partial charge in [0.25, 0.3) is 0 Å². The molecule has 0 unspecified atom stereocenters. The van der Waals surface area contributed by atoms with Crippen LogP contribution in [0.4, 0.5) is 4.79 Å². The summed E-state index contributed by atoms with van der Waals surface area (Å²) in [5.41, 5.74) is 2.22. The third kappa shape index (κ3) is 6.54. The maximum absolute atomic E-state index is 11.8. The Kier molecular flexibility index (Phi) is 8.18. The number of nitrogens with one attached hydrogen (secondary N) is 2. The van der Waals surface area contributed by atoms with Crippen LogP contribution in [0.5, 0.6) is 0 Å². The number of carbonyl (C=O) groups is 1. The summed E-state index contributed by atoms with van der Waals surface area (Å²) in [4.78, 5) is 22.5. The molecule has 1 fully saturated rings. The van der Waals surface area contributed by atoms with E-state index in [0.717, 1.165) is 37.5 Å². The van der Waals surface area contributed by atoms with E-state index in [-0.39, 0.29) is 6.09 Å². The van der Waals surface area contributed by atoms with E-state index >= 15 is 0 Å². The van der Waals surface area contributed by atoms with Crippen molar-refractivity contribution >= 4 is 12.1 Å². The Morgan fingerprint density at radius 3 is 2.73 bits per heavy atom. The lowest BCUT2D eigenvalue weighted by Crippen LogP contribution is -2.50. The molecule has 0 aliphatic carbocycles. The number of pyridine rings is 1. The molecule has 0 bridgehead atoms. The van der Waals surface area contributed by atoms with E-state index in [1.165, 1.54) is 5.56 Å². The molecule has 2 rings (SSSR count). The van der Waals surface area contributed by atoms with Crippen molar-refractivity contribution in [2.45, 2.75) is 46.1 Å². The molecule has 0 atom stereocenters. The van der Waals surface area contributed by atoms with Crippen molar-refractivity contribution in [3.63, 3.8) is 0 Å². The molecule has 7 nitrogen and oxygen atoms in total. The van der Waals surface area contributed by atoms with Gasteiger partial charge in [-0.05, 0) is 51.7 Å². The number of aliphatic imine (C=N–C) groups is 1. The van der Waals surface area contributed by atoms with Gasteiger partial charge in [0.2, 0.25) is 0 Å². The number of rotatable bonds is 6. The third-order valence-electron chi connectivity index (χ3n) is 4.35. The number of likely N-dealkylation sites (tertiary alicyclic amines) is 1. The summed E-state index contributed by atoms with van der Waals surface area (Å²) >= 11 is 0. The lowest BCUT2D eigenvalue weighted by atomic mass is 10.1. The quantitative estimate of drug-likeness (QED) is 0.599. The van der Waals surface area contributed by atoms with Crippen LogP contribution in [-0.4, -0.2) is 60.8 Å². The average Bonchev–Trinajstić information content (AvgIpc) is 2.64. The van der Waals surface area contributed by atoms with Crippen molar-refractivity contribution in [2.75, 3.05) is 32.8 Å². The summed E-state index contributed by atoms with van der Waals surface area (Å²) in [5.74, 6) is 0.835. The second-order valence-corrected chi connectivity index (χ2v) is 6.42. The number of aryl methyl sites for hydroxylation is 1. The Morgan fingerprint density at radius 1 is 1.35 bits per heavy atom. The van der Waals surface area contributed by atoms with E-state index in [1.54, 1.807) is 4.90 Å². The van der Waals surface area contributed by atoms with Crippen LogP contribution in [0.3, 0.4) is 0 Å². The summed E-state index contributed by atoms with van der Waals surface area (Å²) < 4.78 is 5.06. The Labute approximate surface area is 156 Å². The summed E-state index contributed by atoms with van der Waals surface area (Å²) in [5, 5.41) is 6.79. The van der Waals surface area contributed by atoms with Crippen LogP contribution < -0.4 is 10.6 Å². The highest BCUT2D eigenvalue weighted by atomic mass is 16.6. The SMILES string of the molecule is CCNC(=NCCc1ccc(C)nc1)NC1CCN(C(=O)OCC)CC1. The first kappa shape index (κ1) is 20.0. The van der Waals surface area contributed by atoms with Gasteiger partial charge in [0, 0.05) is 44.1 Å². The van der Waals surface area contributed by atoms with Crippen LogP contribution in [-0.2, 0) is 11.2 Å². The number of piperidine rings is 1. The number of hydrogen-bond donors (Lipinski definition) is 2. The van der Waals surface area contributed by atoms with Crippen molar-refractivity contribution < 1.29 is 9.53 Å². The molecule has 0 radical (unpaired) electrons. The zero-order valence-corrected chi connectivity index (χ0v) is 16.1. The van der Waals surface area contributed by atoms with E-state index in [1.807, 2.05) is 26.1 Å². The van der Waals surface area contributed by atoms with E-state index in [9.17, 15) is 4.79 Å². The summed E-state index contributed by atoms with van der Waals surface area (Å²) in [6.45, 7) is 9.26. The van der Waals surface area contributed by atoms with Gasteiger partial charge in [-0.2, -0.15) is 0 Å². The maximum Gasteiger partial charge on any atom is 0.409 e. The van der Waals surface area contributed by atoms with Crippen molar-refractivity contribution in [1.82, 2.24) is 20.5 Å². The first-order valence-corrected chi connectivity index (χ1v) is 9.50. The average molecular weight is 361 g/mol. The number of ether oxygens (including phenoxy) is 1. The van der Waals surface area contributed by atoms with Crippen molar-refractivity contribution in [3.8, 4) is 0 Å². The maximum atomic E-state index is 11.8. The van der Waals surface area contributed by atoms with Gasteiger partial charge < -0.3 is 20.3 Å². The number of amides is 1. The Morgan fingerprint density at radius 2 is 2.12 bits per heavy atom. The van der Waals surface area contributed by atoms with Crippen LogP contribution in [0.2, 0.25) is 0 Å². The smallest absolute Gasteiger partial charge is 0.409 e. The van der Waals surface area contributed by atoms with E-state index < -0.39 is 0 Å². The fourth-order valence-electron chi connectivity index (χ4n) is 2.88. The van der Waals surface area contributed by atoms with Crippen LogP contribution in [0.1, 0.15) is 37.9 Å². The second-order valence-electron chi connectivity index (χ2n) is 6.42. The molecule has 26 heavy (non-hydrogen) atoms.